The number of carbonyl (C=O) groups excluding carboxylic acids is 2. The van der Waals surface area contributed by atoms with Gasteiger partial charge in [0.05, 0.1) is 44.1 Å². The number of nitrogens with one attached hydrogen (secondary N) is 2. The minimum absolute atomic E-state index is 0.142. The van der Waals surface area contributed by atoms with Crippen molar-refractivity contribution in [2.24, 2.45) is 5.92 Å². The molecule has 460 valence electrons. The molecule has 21 nitrogen and oxygen atoms in total. The smallest absolute Gasteiger partial charge is 0.364 e. The molecule has 2 aliphatic rings. The molecule has 0 saturated carbocycles. The summed E-state index contributed by atoms with van der Waals surface area (Å²) in [5.41, 5.74) is 0. The molecule has 0 bridgehead atoms. The van der Waals surface area contributed by atoms with Crippen LogP contribution < -0.4 is 10.6 Å². The zero-order chi connectivity index (χ0) is 57.9. The topological polar surface area (TPSA) is 355 Å². The normalized spacial score (nSPS) is 26.0. The van der Waals surface area contributed by atoms with Crippen LogP contribution in [0.25, 0.3) is 0 Å². The van der Waals surface area contributed by atoms with Gasteiger partial charge in [0.15, 0.2) is 6.29 Å². The highest BCUT2D eigenvalue weighted by Crippen LogP contribution is 2.35. The van der Waals surface area contributed by atoms with Crippen LogP contribution in [-0.4, -0.2) is 197 Å². The fraction of sp³-hybridized carbons (Fsp3) is 0.947. The predicted molar refractivity (Wildman–Crippen MR) is 292 cm³/mol. The zero-order valence-electron chi connectivity index (χ0n) is 47.6. The highest BCUT2D eigenvalue weighted by molar-refractivity contribution is 5.80. The Morgan fingerprint density at radius 3 is 1.56 bits per heavy atom. The highest BCUT2D eigenvalue weighted by Gasteiger charge is 2.57. The van der Waals surface area contributed by atoms with E-state index in [9.17, 15) is 75.7 Å². The minimum Gasteiger partial charge on any atom is -0.477 e. The van der Waals surface area contributed by atoms with Crippen LogP contribution in [0.1, 0.15) is 220 Å². The number of unbranched alkanes of at least 4 members (excludes halogenated alkanes) is 25. The SMILES string of the molecule is CCCCCCCCCCCCCCCCCCCC[C@@H](O)C(=O)N[C@@H](CO[C@@H]1O[C@H](CO[C@]2(C(=O)O)C[C@H](O)[C@@H](NC(=O)CO)[C@H]([C@H](O)[C@H](O)CO)O2)[C@@H](O)[C@H](O)[C@H]1O)[C@H](O)[C@H](O)CCCCCCCCCCCC(C)C. The van der Waals surface area contributed by atoms with Gasteiger partial charge in [0.25, 0.3) is 5.79 Å². The Bertz CT molecular complexity index is 1550. The number of carboxylic acid groups (broad SMARTS) is 1. The number of aliphatic hydroxyl groups is 11. The first-order chi connectivity index (χ1) is 37.3. The fourth-order valence-corrected chi connectivity index (χ4v) is 10.3. The predicted octanol–water partition coefficient (Wildman–Crippen LogP) is 3.90. The van der Waals surface area contributed by atoms with Crippen LogP contribution in [0, 0.1) is 5.92 Å². The molecule has 0 aromatic rings. The van der Waals surface area contributed by atoms with Crippen LogP contribution in [0.4, 0.5) is 0 Å². The van der Waals surface area contributed by atoms with Crippen LogP contribution >= 0.6 is 0 Å². The molecule has 78 heavy (non-hydrogen) atoms. The summed E-state index contributed by atoms with van der Waals surface area (Å²) in [6.45, 7) is 2.95. The fourth-order valence-electron chi connectivity index (χ4n) is 10.3. The van der Waals surface area contributed by atoms with E-state index in [0.29, 0.717) is 18.8 Å². The molecule has 14 N–H and O–H groups in total. The Morgan fingerprint density at radius 2 is 1.10 bits per heavy atom. The number of hydrogen-bond acceptors (Lipinski definition) is 18. The third-order valence-corrected chi connectivity index (χ3v) is 15.4. The molecule has 2 aliphatic heterocycles. The van der Waals surface area contributed by atoms with Gasteiger partial charge in [-0.1, -0.05) is 201 Å². The van der Waals surface area contributed by atoms with Crippen molar-refractivity contribution in [1.29, 1.82) is 0 Å². The number of aliphatic carboxylic acids is 1. The van der Waals surface area contributed by atoms with Crippen LogP contribution in [0.3, 0.4) is 0 Å². The van der Waals surface area contributed by atoms with E-state index in [1.807, 2.05) is 0 Å². The standard InChI is InChI=1S/C57H108N2O19/c1-4-5-6-7-8-9-10-11-12-13-14-15-16-17-20-24-27-30-33-42(63)54(72)58-40(48(67)41(62)32-29-26-23-21-18-19-22-25-28-31-39(2)3)37-75-55-52(71)51(70)50(69)45(77-55)38-76-57(56(73)74)34-43(64)47(59-46(66)36-61)53(78-57)49(68)44(65)35-60/h39-45,47-53,55,60-65,67-71H,4-38H2,1-3H3,(H,58,72)(H,59,66)(H,73,74)/t40-,41+,42+,43-,44+,45+,47+,48-,49+,50+,51-,52+,53+,55+,57+/m0/s1. The summed E-state index contributed by atoms with van der Waals surface area (Å²) in [5, 5.41) is 132. The Hall–Kier alpha value is -2.19. The van der Waals surface area contributed by atoms with E-state index in [-0.39, 0.29) is 12.8 Å². The molecule has 21 heteroatoms. The van der Waals surface area contributed by atoms with Gasteiger partial charge in [-0.05, 0) is 18.8 Å². The van der Waals surface area contributed by atoms with Crippen molar-refractivity contribution in [2.75, 3.05) is 26.4 Å². The lowest BCUT2D eigenvalue weighted by Crippen LogP contribution is -2.68. The first kappa shape index (κ1) is 71.9. The molecule has 0 aromatic heterocycles. The molecule has 2 saturated heterocycles. The molecule has 2 amide bonds. The number of hydrogen-bond donors (Lipinski definition) is 14. The summed E-state index contributed by atoms with van der Waals surface area (Å²) in [6, 6.07) is -3.03. The molecular formula is C57H108N2O19. The maximum absolute atomic E-state index is 13.5. The molecule has 2 heterocycles. The van der Waals surface area contributed by atoms with E-state index in [1.54, 1.807) is 0 Å². The average molecular weight is 1130 g/mol. The molecule has 0 radical (unpaired) electrons. The van der Waals surface area contributed by atoms with E-state index in [0.717, 1.165) is 57.8 Å². The molecule has 0 aromatic carbocycles. The largest absolute Gasteiger partial charge is 0.477 e. The van der Waals surface area contributed by atoms with Crippen molar-refractivity contribution in [2.45, 2.75) is 311 Å². The lowest BCUT2D eigenvalue weighted by Gasteiger charge is -2.47. The van der Waals surface area contributed by atoms with Gasteiger partial charge < -0.3 is 90.9 Å². The summed E-state index contributed by atoms with van der Waals surface area (Å²) in [4.78, 5) is 38.3. The van der Waals surface area contributed by atoms with Gasteiger partial charge in [-0.2, -0.15) is 0 Å². The van der Waals surface area contributed by atoms with Gasteiger partial charge in [-0.3, -0.25) is 9.59 Å². The second-order valence-electron chi connectivity index (χ2n) is 22.7. The molecule has 0 aliphatic carbocycles. The average Bonchev–Trinajstić information content (AvgIpc) is 3.49. The van der Waals surface area contributed by atoms with Crippen molar-refractivity contribution >= 4 is 17.8 Å². The van der Waals surface area contributed by atoms with Crippen molar-refractivity contribution in [1.82, 2.24) is 10.6 Å². The molecule has 0 spiro atoms. The second-order valence-corrected chi connectivity index (χ2v) is 22.7. The minimum atomic E-state index is -2.89. The summed E-state index contributed by atoms with van der Waals surface area (Å²) in [6.07, 6.45) is 9.47. The van der Waals surface area contributed by atoms with Crippen molar-refractivity contribution < 1.29 is 94.6 Å². The maximum Gasteiger partial charge on any atom is 0.364 e. The van der Waals surface area contributed by atoms with E-state index in [4.69, 9.17) is 18.9 Å². The van der Waals surface area contributed by atoms with Crippen LogP contribution in [0.2, 0.25) is 0 Å². The quantitative estimate of drug-likeness (QED) is 0.0384. The Morgan fingerprint density at radius 1 is 0.628 bits per heavy atom. The van der Waals surface area contributed by atoms with Crippen molar-refractivity contribution in [3.63, 3.8) is 0 Å². The Labute approximate surface area is 465 Å². The van der Waals surface area contributed by atoms with E-state index in [2.05, 4.69) is 31.4 Å². The third kappa shape index (κ3) is 27.7. The summed E-state index contributed by atoms with van der Waals surface area (Å²) < 4.78 is 22.7. The monoisotopic (exact) mass is 1120 g/mol. The van der Waals surface area contributed by atoms with Gasteiger partial charge >= 0.3 is 5.97 Å². The zero-order valence-corrected chi connectivity index (χ0v) is 47.6. The highest BCUT2D eigenvalue weighted by atomic mass is 16.7. The van der Waals surface area contributed by atoms with Crippen LogP contribution in [-0.2, 0) is 33.3 Å². The number of amides is 2. The number of carbonyl (C=O) groups is 3. The van der Waals surface area contributed by atoms with Gasteiger partial charge in [-0.25, -0.2) is 4.79 Å². The molecule has 2 rings (SSSR count). The molecule has 2 fully saturated rings. The molecular weight excluding hydrogens is 1020 g/mol. The van der Waals surface area contributed by atoms with Crippen molar-refractivity contribution in [3.05, 3.63) is 0 Å². The van der Waals surface area contributed by atoms with E-state index in [1.165, 1.54) is 109 Å². The Balaban J connectivity index is 2.04. The summed E-state index contributed by atoms with van der Waals surface area (Å²) >= 11 is 0. The van der Waals surface area contributed by atoms with Gasteiger partial charge in [0.1, 0.15) is 61.5 Å². The third-order valence-electron chi connectivity index (χ3n) is 15.4. The van der Waals surface area contributed by atoms with E-state index < -0.39 is 142 Å². The number of ether oxygens (including phenoxy) is 4. The maximum atomic E-state index is 13.5. The Kier molecular flexibility index (Phi) is 38.5. The van der Waals surface area contributed by atoms with Crippen LogP contribution in [0.15, 0.2) is 0 Å². The van der Waals surface area contributed by atoms with Gasteiger partial charge in [0.2, 0.25) is 11.8 Å². The van der Waals surface area contributed by atoms with Crippen LogP contribution in [0.5, 0.6) is 0 Å². The van der Waals surface area contributed by atoms with E-state index >= 15 is 0 Å². The lowest BCUT2D eigenvalue weighted by atomic mass is 9.88. The number of carboxylic acids is 1. The first-order valence-electron chi connectivity index (χ1n) is 30.1. The summed E-state index contributed by atoms with van der Waals surface area (Å²) in [5.74, 6) is -5.97. The molecule has 0 unspecified atom stereocenters. The summed E-state index contributed by atoms with van der Waals surface area (Å²) in [7, 11) is 0. The number of rotatable bonds is 47. The van der Waals surface area contributed by atoms with Crippen molar-refractivity contribution in [3.8, 4) is 0 Å². The second kappa shape index (κ2) is 41.7. The lowest BCUT2D eigenvalue weighted by molar-refractivity contribution is -0.339. The number of aliphatic hydroxyl groups excluding tert-OH is 11. The first-order valence-corrected chi connectivity index (χ1v) is 30.1. The molecule has 15 atom stereocenters. The van der Waals surface area contributed by atoms with Gasteiger partial charge in [-0.15, -0.1) is 0 Å². The van der Waals surface area contributed by atoms with Gasteiger partial charge in [0, 0.05) is 6.42 Å².